The molecular weight excluding hydrogens is 382 g/mol. The molecule has 144 valence electrons. The van der Waals surface area contributed by atoms with E-state index in [1.807, 2.05) is 85.3 Å². The minimum absolute atomic E-state index is 0.0358. The molecular formula is C23H19N3O2S. The maximum Gasteiger partial charge on any atom is 0.270 e. The number of anilines is 1. The summed E-state index contributed by atoms with van der Waals surface area (Å²) in [7, 11) is 0. The fourth-order valence-electron chi connectivity index (χ4n) is 3.46. The fraction of sp³-hybridized carbons (Fsp3) is 0.0870. The van der Waals surface area contributed by atoms with Crippen LogP contribution in [0.5, 0.6) is 0 Å². The highest BCUT2D eigenvalue weighted by molar-refractivity contribution is 7.80. The highest BCUT2D eigenvalue weighted by Crippen LogP contribution is 2.25. The van der Waals surface area contributed by atoms with Gasteiger partial charge in [0.1, 0.15) is 5.57 Å². The van der Waals surface area contributed by atoms with Gasteiger partial charge in [0.25, 0.3) is 11.8 Å². The van der Waals surface area contributed by atoms with Gasteiger partial charge >= 0.3 is 0 Å². The summed E-state index contributed by atoms with van der Waals surface area (Å²) >= 11 is 5.29. The van der Waals surface area contributed by atoms with Gasteiger partial charge in [-0.1, -0.05) is 24.3 Å². The highest BCUT2D eigenvalue weighted by atomic mass is 32.1. The molecule has 1 fully saturated rings. The summed E-state index contributed by atoms with van der Waals surface area (Å²) in [6, 6.07) is 19.2. The van der Waals surface area contributed by atoms with E-state index < -0.39 is 11.8 Å². The van der Waals surface area contributed by atoms with Crippen LogP contribution in [0.25, 0.3) is 11.8 Å². The number of carbonyl (C=O) groups excluding carboxylic acids is 2. The van der Waals surface area contributed by atoms with Crippen molar-refractivity contribution in [3.05, 3.63) is 89.3 Å². The number of nitrogens with one attached hydrogen (secondary N) is 1. The van der Waals surface area contributed by atoms with Gasteiger partial charge in [0.05, 0.1) is 5.69 Å². The van der Waals surface area contributed by atoms with E-state index >= 15 is 0 Å². The number of nitrogens with zero attached hydrogens (tertiary/aromatic N) is 2. The average Bonchev–Trinajstić information content (AvgIpc) is 3.13. The molecule has 29 heavy (non-hydrogen) atoms. The van der Waals surface area contributed by atoms with Gasteiger partial charge in [-0.15, -0.1) is 0 Å². The SMILES string of the molecule is Cc1cc(C)cc(N2C(=O)/C(=C/c3cccn3-c3ccccc3)C(=O)NC2=S)c1. The molecule has 1 aliphatic heterocycles. The monoisotopic (exact) mass is 401 g/mol. The standard InChI is InChI=1S/C23H19N3O2S/c1-15-11-16(2)13-19(12-15)26-22(28)20(21(27)24-23(26)29)14-18-9-6-10-25(18)17-7-4-3-5-8-17/h3-14H,1-2H3,(H,24,27,29)/b20-14+. The van der Waals surface area contributed by atoms with E-state index in [1.54, 1.807) is 6.08 Å². The van der Waals surface area contributed by atoms with Gasteiger partial charge in [-0.05, 0) is 79.7 Å². The Bertz CT molecular complexity index is 1140. The number of rotatable bonds is 3. The molecule has 4 rings (SSSR count). The molecule has 2 heterocycles. The summed E-state index contributed by atoms with van der Waals surface area (Å²) in [5.41, 5.74) is 4.36. The first kappa shape index (κ1) is 18.8. The van der Waals surface area contributed by atoms with Crippen molar-refractivity contribution in [1.29, 1.82) is 0 Å². The Hall–Kier alpha value is -3.51. The summed E-state index contributed by atoms with van der Waals surface area (Å²) < 4.78 is 1.92. The van der Waals surface area contributed by atoms with Crippen molar-refractivity contribution in [3.63, 3.8) is 0 Å². The van der Waals surface area contributed by atoms with Crippen LogP contribution >= 0.6 is 12.2 Å². The maximum atomic E-state index is 13.2. The number of amides is 2. The van der Waals surface area contributed by atoms with Crippen LogP contribution < -0.4 is 10.2 Å². The van der Waals surface area contributed by atoms with E-state index in [0.717, 1.165) is 22.5 Å². The number of carbonyl (C=O) groups is 2. The van der Waals surface area contributed by atoms with E-state index in [1.165, 1.54) is 4.90 Å². The third-order valence-corrected chi connectivity index (χ3v) is 4.96. The highest BCUT2D eigenvalue weighted by Gasteiger charge is 2.34. The zero-order chi connectivity index (χ0) is 20.5. The fourth-order valence-corrected chi connectivity index (χ4v) is 3.74. The predicted octanol–water partition coefficient (Wildman–Crippen LogP) is 3.93. The van der Waals surface area contributed by atoms with Crippen LogP contribution in [0.15, 0.2) is 72.4 Å². The zero-order valence-corrected chi connectivity index (χ0v) is 16.9. The molecule has 0 saturated carbocycles. The molecule has 1 aromatic heterocycles. The summed E-state index contributed by atoms with van der Waals surface area (Å²) in [6.07, 6.45) is 3.49. The molecule has 3 aromatic rings. The Labute approximate surface area is 174 Å². The quantitative estimate of drug-likeness (QED) is 0.411. The maximum absolute atomic E-state index is 13.2. The molecule has 5 nitrogen and oxygen atoms in total. The second kappa shape index (κ2) is 7.48. The Balaban J connectivity index is 1.77. The molecule has 0 atom stereocenters. The third-order valence-electron chi connectivity index (χ3n) is 4.67. The van der Waals surface area contributed by atoms with E-state index in [4.69, 9.17) is 12.2 Å². The van der Waals surface area contributed by atoms with Crippen LogP contribution in [0.4, 0.5) is 5.69 Å². The Morgan fingerprint density at radius 2 is 1.59 bits per heavy atom. The van der Waals surface area contributed by atoms with Gasteiger partial charge in [0.2, 0.25) is 0 Å². The molecule has 1 aliphatic rings. The molecule has 2 amide bonds. The van der Waals surface area contributed by atoms with Crippen molar-refractivity contribution in [3.8, 4) is 5.69 Å². The molecule has 1 saturated heterocycles. The molecule has 2 aromatic carbocycles. The van der Waals surface area contributed by atoms with Crippen molar-refractivity contribution in [2.24, 2.45) is 0 Å². The van der Waals surface area contributed by atoms with E-state index in [9.17, 15) is 9.59 Å². The largest absolute Gasteiger partial charge is 0.317 e. The molecule has 1 N–H and O–H groups in total. The van der Waals surface area contributed by atoms with Crippen LogP contribution in [0, 0.1) is 13.8 Å². The van der Waals surface area contributed by atoms with Crippen LogP contribution in [0.2, 0.25) is 0 Å². The zero-order valence-electron chi connectivity index (χ0n) is 16.0. The smallest absolute Gasteiger partial charge is 0.270 e. The minimum Gasteiger partial charge on any atom is -0.317 e. The van der Waals surface area contributed by atoms with E-state index in [0.29, 0.717) is 5.69 Å². The number of hydrogen-bond acceptors (Lipinski definition) is 3. The number of benzene rings is 2. The van der Waals surface area contributed by atoms with Crippen molar-refractivity contribution in [1.82, 2.24) is 9.88 Å². The second-order valence-electron chi connectivity index (χ2n) is 6.94. The number of aromatic nitrogens is 1. The number of hydrogen-bond donors (Lipinski definition) is 1. The molecule has 6 heteroatoms. The summed E-state index contributed by atoms with van der Waals surface area (Å²) in [5.74, 6) is -0.939. The van der Waals surface area contributed by atoms with Gasteiger partial charge in [0, 0.05) is 17.6 Å². The van der Waals surface area contributed by atoms with Crippen LogP contribution in [0.3, 0.4) is 0 Å². The van der Waals surface area contributed by atoms with Crippen molar-refractivity contribution in [2.45, 2.75) is 13.8 Å². The minimum atomic E-state index is -0.499. The van der Waals surface area contributed by atoms with Gasteiger partial charge in [-0.2, -0.15) is 0 Å². The van der Waals surface area contributed by atoms with E-state index in [-0.39, 0.29) is 10.7 Å². The lowest BCUT2D eigenvalue weighted by Crippen LogP contribution is -2.54. The molecule has 0 aliphatic carbocycles. The Morgan fingerprint density at radius 3 is 2.28 bits per heavy atom. The van der Waals surface area contributed by atoms with Gasteiger partial charge in [-0.3, -0.25) is 19.8 Å². The first-order valence-corrected chi connectivity index (χ1v) is 9.57. The van der Waals surface area contributed by atoms with Crippen LogP contribution in [0.1, 0.15) is 16.8 Å². The second-order valence-corrected chi connectivity index (χ2v) is 7.33. The molecule has 0 bridgehead atoms. The molecule has 0 unspecified atom stereocenters. The number of para-hydroxylation sites is 1. The Kier molecular flexibility index (Phi) is 4.86. The third kappa shape index (κ3) is 3.62. The van der Waals surface area contributed by atoms with Crippen molar-refractivity contribution < 1.29 is 9.59 Å². The first-order valence-electron chi connectivity index (χ1n) is 9.16. The van der Waals surface area contributed by atoms with Gasteiger partial charge in [-0.25, -0.2) is 0 Å². The first-order chi connectivity index (χ1) is 13.9. The lowest BCUT2D eigenvalue weighted by atomic mass is 10.1. The molecule has 0 radical (unpaired) electrons. The molecule has 0 spiro atoms. The van der Waals surface area contributed by atoms with Crippen LogP contribution in [-0.2, 0) is 9.59 Å². The number of aryl methyl sites for hydroxylation is 2. The van der Waals surface area contributed by atoms with Gasteiger partial charge in [0.15, 0.2) is 5.11 Å². The van der Waals surface area contributed by atoms with Crippen molar-refractivity contribution >= 4 is 40.9 Å². The average molecular weight is 401 g/mol. The topological polar surface area (TPSA) is 54.3 Å². The lowest BCUT2D eigenvalue weighted by Gasteiger charge is -2.29. The number of thiocarbonyl (C=S) groups is 1. The summed E-state index contributed by atoms with van der Waals surface area (Å²) in [4.78, 5) is 27.2. The Morgan fingerprint density at radius 1 is 0.897 bits per heavy atom. The van der Waals surface area contributed by atoms with Gasteiger partial charge < -0.3 is 4.57 Å². The summed E-state index contributed by atoms with van der Waals surface area (Å²) in [5, 5.41) is 2.72. The predicted molar refractivity (Wildman–Crippen MR) is 118 cm³/mol. The summed E-state index contributed by atoms with van der Waals surface area (Å²) in [6.45, 7) is 3.91. The van der Waals surface area contributed by atoms with Crippen molar-refractivity contribution in [2.75, 3.05) is 4.90 Å². The van der Waals surface area contributed by atoms with Crippen LogP contribution in [-0.4, -0.2) is 21.5 Å². The normalized spacial score (nSPS) is 15.7. The lowest BCUT2D eigenvalue weighted by molar-refractivity contribution is -0.122. The van der Waals surface area contributed by atoms with E-state index in [2.05, 4.69) is 5.32 Å².